The highest BCUT2D eigenvalue weighted by Gasteiger charge is 2.04. The third-order valence-corrected chi connectivity index (χ3v) is 2.94. The molecule has 4 heteroatoms. The van der Waals surface area contributed by atoms with Crippen molar-refractivity contribution >= 4 is 11.6 Å². The largest absolute Gasteiger partial charge is 0.383 e. The Morgan fingerprint density at radius 1 is 0.667 bits per heavy atom. The predicted octanol–water partition coefficient (Wildman–Crippen LogP) is 3.32. The summed E-state index contributed by atoms with van der Waals surface area (Å²) in [5, 5.41) is 0. The lowest BCUT2D eigenvalue weighted by molar-refractivity contribution is 0.103. The van der Waals surface area contributed by atoms with Crippen molar-refractivity contribution in [1.82, 2.24) is 9.80 Å². The second kappa shape index (κ2) is 10.0. The van der Waals surface area contributed by atoms with E-state index >= 15 is 0 Å². The van der Waals surface area contributed by atoms with Gasteiger partial charge in [-0.2, -0.15) is 0 Å². The monoisotopic (exact) mass is 324 g/mol. The van der Waals surface area contributed by atoms with Gasteiger partial charge in [-0.25, -0.2) is 0 Å². The molecule has 0 aromatic heterocycles. The van der Waals surface area contributed by atoms with Crippen molar-refractivity contribution in [2.75, 3.05) is 28.2 Å². The van der Waals surface area contributed by atoms with Crippen LogP contribution >= 0.6 is 0 Å². The number of ketones is 2. The molecule has 0 amide bonds. The van der Waals surface area contributed by atoms with Gasteiger partial charge < -0.3 is 9.80 Å². The molecule has 0 atom stereocenters. The summed E-state index contributed by atoms with van der Waals surface area (Å²) in [5.41, 5.74) is 1.11. The van der Waals surface area contributed by atoms with Gasteiger partial charge in [-0.1, -0.05) is 36.4 Å². The van der Waals surface area contributed by atoms with Gasteiger partial charge in [0.1, 0.15) is 0 Å². The third kappa shape index (κ3) is 7.40. The van der Waals surface area contributed by atoms with E-state index in [1.807, 2.05) is 50.4 Å². The van der Waals surface area contributed by atoms with Gasteiger partial charge in [-0.05, 0) is 36.7 Å². The average molecular weight is 324 g/mol. The first kappa shape index (κ1) is 19.2. The molecule has 1 rings (SSSR count). The molecule has 1 aromatic carbocycles. The molecule has 0 saturated heterocycles. The summed E-state index contributed by atoms with van der Waals surface area (Å²) in [6, 6.07) is 6.66. The topological polar surface area (TPSA) is 40.6 Å². The van der Waals surface area contributed by atoms with Crippen molar-refractivity contribution in [3.8, 4) is 0 Å². The average Bonchev–Trinajstić information content (AvgIpc) is 2.55. The molecular weight excluding hydrogens is 300 g/mol. The van der Waals surface area contributed by atoms with Gasteiger partial charge in [-0.15, -0.1) is 0 Å². The Kier molecular flexibility index (Phi) is 7.99. The summed E-state index contributed by atoms with van der Waals surface area (Å²) in [7, 11) is 7.64. The van der Waals surface area contributed by atoms with Crippen molar-refractivity contribution in [1.29, 1.82) is 0 Å². The Balaban J connectivity index is 2.68. The molecule has 0 unspecified atom stereocenters. The summed E-state index contributed by atoms with van der Waals surface area (Å²) in [4.78, 5) is 27.8. The van der Waals surface area contributed by atoms with Crippen molar-refractivity contribution in [3.05, 3.63) is 84.2 Å². The van der Waals surface area contributed by atoms with Crippen molar-refractivity contribution < 1.29 is 9.59 Å². The third-order valence-electron chi connectivity index (χ3n) is 2.94. The van der Waals surface area contributed by atoms with Crippen LogP contribution in [-0.4, -0.2) is 49.6 Å². The Hall–Kier alpha value is -2.88. The molecule has 1 aromatic rings. The van der Waals surface area contributed by atoms with Crippen molar-refractivity contribution in [3.63, 3.8) is 0 Å². The number of nitrogens with zero attached hydrogens (tertiary/aromatic N) is 2. The molecule has 0 radical (unpaired) electrons. The zero-order valence-electron chi connectivity index (χ0n) is 14.6. The minimum Gasteiger partial charge on any atom is -0.383 e. The van der Waals surface area contributed by atoms with E-state index < -0.39 is 0 Å². The maximum atomic E-state index is 12.0. The minimum atomic E-state index is -0.0955. The van der Waals surface area contributed by atoms with Gasteiger partial charge in [0.05, 0.1) is 0 Å². The lowest BCUT2D eigenvalue weighted by Gasteiger charge is -2.01. The van der Waals surface area contributed by atoms with E-state index in [1.165, 1.54) is 12.2 Å². The zero-order valence-corrected chi connectivity index (χ0v) is 14.6. The maximum Gasteiger partial charge on any atom is 0.185 e. The molecule has 0 bridgehead atoms. The van der Waals surface area contributed by atoms with Gasteiger partial charge >= 0.3 is 0 Å². The highest BCUT2D eigenvalue weighted by Crippen LogP contribution is 2.07. The lowest BCUT2D eigenvalue weighted by atomic mass is 10.0. The summed E-state index contributed by atoms with van der Waals surface area (Å²) in [5.74, 6) is -0.191. The van der Waals surface area contributed by atoms with Crippen LogP contribution in [0.3, 0.4) is 0 Å². The molecule has 0 aliphatic heterocycles. The molecule has 126 valence electrons. The molecule has 0 aliphatic rings. The highest BCUT2D eigenvalue weighted by molar-refractivity contribution is 6.07. The van der Waals surface area contributed by atoms with Crippen LogP contribution in [0.2, 0.25) is 0 Å². The van der Waals surface area contributed by atoms with E-state index in [1.54, 1.807) is 48.6 Å². The van der Waals surface area contributed by atoms with Crippen LogP contribution in [0.5, 0.6) is 0 Å². The van der Waals surface area contributed by atoms with E-state index in [2.05, 4.69) is 0 Å². The van der Waals surface area contributed by atoms with E-state index in [9.17, 15) is 9.59 Å². The second-order valence-corrected chi connectivity index (χ2v) is 5.63. The number of allylic oxidation sites excluding steroid dienone is 6. The normalized spacial score (nSPS) is 11.8. The number of carbonyl (C=O) groups is 2. The Morgan fingerprint density at radius 2 is 1.00 bits per heavy atom. The van der Waals surface area contributed by atoms with Crippen LogP contribution in [0.15, 0.2) is 73.1 Å². The molecule has 0 spiro atoms. The van der Waals surface area contributed by atoms with Gasteiger partial charge in [0.2, 0.25) is 0 Å². The smallest absolute Gasteiger partial charge is 0.185 e. The van der Waals surface area contributed by atoms with E-state index in [4.69, 9.17) is 0 Å². The summed E-state index contributed by atoms with van der Waals surface area (Å²) >= 11 is 0. The zero-order chi connectivity index (χ0) is 17.9. The van der Waals surface area contributed by atoms with Gasteiger partial charge in [0.25, 0.3) is 0 Å². The summed E-state index contributed by atoms with van der Waals surface area (Å²) in [6.07, 6.45) is 13.7. The first-order valence-electron chi connectivity index (χ1n) is 7.61. The summed E-state index contributed by atoms with van der Waals surface area (Å²) < 4.78 is 0. The fraction of sp³-hybridized carbons (Fsp3) is 0.200. The Morgan fingerprint density at radius 3 is 1.29 bits per heavy atom. The maximum absolute atomic E-state index is 12.0. The fourth-order valence-electron chi connectivity index (χ4n) is 1.72. The van der Waals surface area contributed by atoms with Crippen LogP contribution in [0.25, 0.3) is 0 Å². The van der Waals surface area contributed by atoms with Crippen LogP contribution < -0.4 is 0 Å². The number of benzene rings is 1. The van der Waals surface area contributed by atoms with Crippen LogP contribution in [0.4, 0.5) is 0 Å². The van der Waals surface area contributed by atoms with Gasteiger partial charge in [0.15, 0.2) is 11.6 Å². The predicted molar refractivity (Wildman–Crippen MR) is 99.0 cm³/mol. The quantitative estimate of drug-likeness (QED) is 0.418. The fourth-order valence-corrected chi connectivity index (χ4v) is 1.72. The number of hydrogen-bond donors (Lipinski definition) is 0. The van der Waals surface area contributed by atoms with Crippen LogP contribution in [0.1, 0.15) is 20.7 Å². The van der Waals surface area contributed by atoms with Gasteiger partial charge in [-0.3, -0.25) is 9.59 Å². The molecule has 0 heterocycles. The van der Waals surface area contributed by atoms with Crippen LogP contribution in [0, 0.1) is 0 Å². The summed E-state index contributed by atoms with van der Waals surface area (Å²) in [6.45, 7) is 0. The van der Waals surface area contributed by atoms with E-state index in [-0.39, 0.29) is 11.6 Å². The highest BCUT2D eigenvalue weighted by atomic mass is 16.1. The van der Waals surface area contributed by atoms with E-state index in [0.29, 0.717) is 11.1 Å². The Labute approximate surface area is 144 Å². The van der Waals surface area contributed by atoms with Gasteiger partial charge in [0, 0.05) is 39.3 Å². The lowest BCUT2D eigenvalue weighted by Crippen LogP contribution is -2.00. The molecule has 24 heavy (non-hydrogen) atoms. The molecule has 4 nitrogen and oxygen atoms in total. The van der Waals surface area contributed by atoms with Crippen molar-refractivity contribution in [2.24, 2.45) is 0 Å². The molecule has 0 N–H and O–H groups in total. The molecule has 0 aliphatic carbocycles. The van der Waals surface area contributed by atoms with E-state index in [0.717, 1.165) is 0 Å². The Bertz CT molecular complexity index is 604. The number of hydrogen-bond acceptors (Lipinski definition) is 4. The molecular formula is C20H24N2O2. The van der Waals surface area contributed by atoms with Crippen LogP contribution in [-0.2, 0) is 0 Å². The number of rotatable bonds is 8. The number of carbonyl (C=O) groups excluding carboxylic acids is 2. The molecule has 0 fully saturated rings. The first-order valence-corrected chi connectivity index (χ1v) is 7.61. The minimum absolute atomic E-state index is 0.0955. The first-order chi connectivity index (χ1) is 11.4. The molecule has 0 saturated carbocycles. The van der Waals surface area contributed by atoms with Crippen molar-refractivity contribution in [2.45, 2.75) is 0 Å². The second-order valence-electron chi connectivity index (χ2n) is 5.63. The standard InChI is InChI=1S/C20H24N2O2/c1-21(2)15-7-5-9-19(23)17-11-13-18(14-12-17)20(24)10-6-8-16-22(3)4/h5-16H,1-4H3. The SMILES string of the molecule is CN(C)C=CC=CC(=O)c1ccc(C(=O)C=CC=CN(C)C)cc1.